The lowest BCUT2D eigenvalue weighted by molar-refractivity contribution is -0.453. The SMILES string of the molecule is O=S(=O)(O)C(OC(F)(C(F)(F)F)C(F)(F)OCF)=C(F)F. The molecule has 0 amide bonds. The van der Waals surface area contributed by atoms with Crippen molar-refractivity contribution in [2.75, 3.05) is 6.86 Å². The van der Waals surface area contributed by atoms with E-state index in [0.717, 1.165) is 0 Å². The molecule has 5 nitrogen and oxygen atoms in total. The second-order valence-corrected chi connectivity index (χ2v) is 4.31. The Bertz CT molecular complexity index is 507. The largest absolute Gasteiger partial charge is 0.470 e. The van der Waals surface area contributed by atoms with Crippen molar-refractivity contribution in [2.45, 2.75) is 18.1 Å². The van der Waals surface area contributed by atoms with Crippen molar-refractivity contribution in [3.63, 3.8) is 0 Å². The summed E-state index contributed by atoms with van der Waals surface area (Å²) in [5, 5.41) is -3.44. The number of halogens is 9. The summed E-state index contributed by atoms with van der Waals surface area (Å²) in [7, 11) is -6.35. The minimum atomic E-state index is -6.85. The molecule has 0 radical (unpaired) electrons. The fourth-order valence-electron chi connectivity index (χ4n) is 0.760. The van der Waals surface area contributed by atoms with Gasteiger partial charge in [-0.2, -0.15) is 43.5 Å². The highest BCUT2D eigenvalue weighted by molar-refractivity contribution is 7.89. The number of hydrogen-bond acceptors (Lipinski definition) is 4. The topological polar surface area (TPSA) is 72.8 Å². The quantitative estimate of drug-likeness (QED) is 0.449. The van der Waals surface area contributed by atoms with Crippen LogP contribution in [0.4, 0.5) is 39.5 Å². The third-order valence-electron chi connectivity index (χ3n) is 1.60. The van der Waals surface area contributed by atoms with Crippen LogP contribution in [0.5, 0.6) is 0 Å². The lowest BCUT2D eigenvalue weighted by Crippen LogP contribution is -2.58. The second-order valence-electron chi connectivity index (χ2n) is 2.99. The molecule has 21 heavy (non-hydrogen) atoms. The summed E-state index contributed by atoms with van der Waals surface area (Å²) >= 11 is 0. The van der Waals surface area contributed by atoms with E-state index in [-0.39, 0.29) is 0 Å². The maximum Gasteiger partial charge on any atom is 0.470 e. The van der Waals surface area contributed by atoms with E-state index in [1.807, 2.05) is 0 Å². The van der Waals surface area contributed by atoms with Crippen molar-refractivity contribution in [2.24, 2.45) is 0 Å². The average molecular weight is 358 g/mol. The van der Waals surface area contributed by atoms with E-state index >= 15 is 0 Å². The molecule has 0 saturated carbocycles. The van der Waals surface area contributed by atoms with E-state index < -0.39 is 46.3 Å². The maximum atomic E-state index is 13.3. The smallest absolute Gasteiger partial charge is 0.426 e. The zero-order valence-corrected chi connectivity index (χ0v) is 9.91. The Labute approximate surface area is 109 Å². The molecule has 1 unspecified atom stereocenters. The molecule has 0 aromatic carbocycles. The highest BCUT2D eigenvalue weighted by atomic mass is 32.2. The predicted molar refractivity (Wildman–Crippen MR) is 43.8 cm³/mol. The van der Waals surface area contributed by atoms with Crippen LogP contribution in [0.15, 0.2) is 11.2 Å². The predicted octanol–water partition coefficient (Wildman–Crippen LogP) is 2.72. The first kappa shape index (κ1) is 19.8. The highest BCUT2D eigenvalue weighted by Crippen LogP contribution is 2.48. The van der Waals surface area contributed by atoms with Gasteiger partial charge in [-0.05, 0) is 0 Å². The van der Waals surface area contributed by atoms with E-state index in [9.17, 15) is 47.9 Å². The van der Waals surface area contributed by atoms with E-state index in [1.54, 1.807) is 0 Å². The lowest BCUT2D eigenvalue weighted by atomic mass is 10.2. The summed E-state index contributed by atoms with van der Waals surface area (Å²) in [6, 6.07) is 0. The Hall–Kier alpha value is -1.22. The molecule has 0 spiro atoms. The Morgan fingerprint density at radius 1 is 1.05 bits per heavy atom. The molecule has 15 heteroatoms. The lowest BCUT2D eigenvalue weighted by Gasteiger charge is -2.32. The van der Waals surface area contributed by atoms with Gasteiger partial charge >= 0.3 is 39.4 Å². The Balaban J connectivity index is 6.08. The summed E-state index contributed by atoms with van der Waals surface area (Å²) in [6.45, 7) is -2.71. The molecular weight excluding hydrogens is 355 g/mol. The third kappa shape index (κ3) is 4.13. The van der Waals surface area contributed by atoms with Crippen LogP contribution in [0.25, 0.3) is 0 Å². The average Bonchev–Trinajstić information content (AvgIpc) is 2.21. The first-order valence-electron chi connectivity index (χ1n) is 4.15. The Morgan fingerprint density at radius 3 is 1.71 bits per heavy atom. The molecule has 0 heterocycles. The van der Waals surface area contributed by atoms with Crippen molar-refractivity contribution >= 4 is 10.1 Å². The molecule has 0 fully saturated rings. The standard InChI is InChI=1S/C6H3F9O5S/c7-1-19-6(14,15)4(10,5(11,12)13)20-3(2(8)9)21(16,17)18/h1H2,(H,16,17,18). The molecule has 1 N–H and O–H groups in total. The minimum absolute atomic E-state index is 2.40. The van der Waals surface area contributed by atoms with Crippen molar-refractivity contribution in [1.29, 1.82) is 0 Å². The van der Waals surface area contributed by atoms with Crippen LogP contribution in [-0.4, -0.2) is 38.0 Å². The minimum Gasteiger partial charge on any atom is -0.426 e. The van der Waals surface area contributed by atoms with Crippen LogP contribution in [0.1, 0.15) is 0 Å². The van der Waals surface area contributed by atoms with Crippen LogP contribution in [-0.2, 0) is 19.6 Å². The molecule has 0 bridgehead atoms. The summed E-state index contributed by atoms with van der Waals surface area (Å²) in [4.78, 5) is 0. The molecule has 0 saturated heterocycles. The van der Waals surface area contributed by atoms with Crippen molar-refractivity contribution in [3.05, 3.63) is 11.2 Å². The fraction of sp³-hybridized carbons (Fsp3) is 0.667. The van der Waals surface area contributed by atoms with Gasteiger partial charge in [-0.25, -0.2) is 4.39 Å². The highest BCUT2D eigenvalue weighted by Gasteiger charge is 2.77. The van der Waals surface area contributed by atoms with Gasteiger partial charge in [0.1, 0.15) is 0 Å². The van der Waals surface area contributed by atoms with Gasteiger partial charge in [-0.3, -0.25) is 9.29 Å². The number of alkyl halides is 7. The summed E-state index contributed by atoms with van der Waals surface area (Å²) in [5.41, 5.74) is 0. The van der Waals surface area contributed by atoms with Crippen LogP contribution < -0.4 is 0 Å². The van der Waals surface area contributed by atoms with Crippen LogP contribution >= 0.6 is 0 Å². The zero-order valence-electron chi connectivity index (χ0n) is 9.10. The van der Waals surface area contributed by atoms with Crippen molar-refractivity contribution in [3.8, 4) is 0 Å². The van der Waals surface area contributed by atoms with Crippen molar-refractivity contribution in [1.82, 2.24) is 0 Å². The summed E-state index contributed by atoms with van der Waals surface area (Å²) in [6.07, 6.45) is -16.9. The molecule has 0 aliphatic heterocycles. The summed E-state index contributed by atoms with van der Waals surface area (Å²) < 4.78 is 144. The van der Waals surface area contributed by atoms with E-state index in [2.05, 4.69) is 9.47 Å². The van der Waals surface area contributed by atoms with E-state index in [1.165, 1.54) is 0 Å². The summed E-state index contributed by atoms with van der Waals surface area (Å²) in [5.74, 6) is -6.53. The molecular formula is C6H3F9O5S. The van der Waals surface area contributed by atoms with E-state index in [0.29, 0.717) is 0 Å². The van der Waals surface area contributed by atoms with Gasteiger partial charge in [-0.15, -0.1) is 0 Å². The molecule has 0 aromatic rings. The number of rotatable bonds is 6. The molecule has 126 valence electrons. The zero-order chi connectivity index (χ0) is 17.3. The first-order valence-corrected chi connectivity index (χ1v) is 5.59. The molecule has 0 aliphatic rings. The van der Waals surface area contributed by atoms with Crippen LogP contribution in [0, 0.1) is 0 Å². The molecule has 0 aliphatic carbocycles. The van der Waals surface area contributed by atoms with Crippen LogP contribution in [0.2, 0.25) is 0 Å². The number of ether oxygens (including phenoxy) is 2. The molecule has 0 aromatic heterocycles. The van der Waals surface area contributed by atoms with Gasteiger partial charge in [0.05, 0.1) is 0 Å². The second kappa shape index (κ2) is 5.88. The van der Waals surface area contributed by atoms with Gasteiger partial charge < -0.3 is 4.74 Å². The fourth-order valence-corrected chi connectivity index (χ4v) is 1.18. The maximum absolute atomic E-state index is 13.3. The first-order chi connectivity index (χ1) is 9.10. The van der Waals surface area contributed by atoms with Gasteiger partial charge in [0.2, 0.25) is 0 Å². The Kier molecular flexibility index (Phi) is 5.54. The third-order valence-corrected chi connectivity index (χ3v) is 2.30. The van der Waals surface area contributed by atoms with E-state index in [4.69, 9.17) is 4.55 Å². The van der Waals surface area contributed by atoms with Gasteiger partial charge in [0.15, 0.2) is 6.86 Å². The normalized spacial score (nSPS) is 16.3. The Morgan fingerprint density at radius 2 is 1.48 bits per heavy atom. The van der Waals surface area contributed by atoms with Gasteiger partial charge in [-0.1, -0.05) is 0 Å². The van der Waals surface area contributed by atoms with Crippen LogP contribution in [0.3, 0.4) is 0 Å². The van der Waals surface area contributed by atoms with Gasteiger partial charge in [0.25, 0.3) is 0 Å². The van der Waals surface area contributed by atoms with Gasteiger partial charge in [0, 0.05) is 0 Å². The monoisotopic (exact) mass is 358 g/mol. The van der Waals surface area contributed by atoms with Crippen molar-refractivity contribution < 1.29 is 62.0 Å². The molecule has 1 atom stereocenters. The number of hydrogen-bond donors (Lipinski definition) is 1. The molecule has 0 rings (SSSR count).